The van der Waals surface area contributed by atoms with Crippen LogP contribution in [0.3, 0.4) is 0 Å². The third-order valence-corrected chi connectivity index (χ3v) is 5.47. The Labute approximate surface area is 151 Å². The van der Waals surface area contributed by atoms with Crippen LogP contribution in [0.25, 0.3) is 10.9 Å². The molecule has 1 aromatic carbocycles. The minimum absolute atomic E-state index is 0.0897. The molecule has 25 heavy (non-hydrogen) atoms. The molecular weight excluding hydrogens is 332 g/mol. The third kappa shape index (κ3) is 3.60. The average molecular weight is 356 g/mol. The van der Waals surface area contributed by atoms with E-state index in [1.165, 1.54) is 0 Å². The number of para-hydroxylation sites is 1. The van der Waals surface area contributed by atoms with Crippen LogP contribution in [0.2, 0.25) is 0 Å². The van der Waals surface area contributed by atoms with Gasteiger partial charge in [0.2, 0.25) is 5.62 Å². The van der Waals surface area contributed by atoms with Crippen LogP contribution in [0.15, 0.2) is 46.6 Å². The van der Waals surface area contributed by atoms with Gasteiger partial charge in [-0.3, -0.25) is 14.8 Å². The van der Waals surface area contributed by atoms with Crippen molar-refractivity contribution in [2.45, 2.75) is 26.9 Å². The predicted molar refractivity (Wildman–Crippen MR) is 103 cm³/mol. The number of hydrogen-bond donors (Lipinski definition) is 1. The molecule has 0 amide bonds. The molecule has 5 nitrogen and oxygen atoms in total. The maximum Gasteiger partial charge on any atom is 0.263 e. The van der Waals surface area contributed by atoms with Gasteiger partial charge in [0.1, 0.15) is 0 Å². The molecule has 0 saturated heterocycles. The van der Waals surface area contributed by atoms with E-state index in [0.717, 1.165) is 30.0 Å². The van der Waals surface area contributed by atoms with Crippen molar-refractivity contribution in [3.8, 4) is 0 Å². The van der Waals surface area contributed by atoms with Crippen molar-refractivity contribution in [1.82, 2.24) is 14.0 Å². The third-order valence-electron chi connectivity index (χ3n) is 4.61. The summed E-state index contributed by atoms with van der Waals surface area (Å²) in [6.07, 6.45) is 0. The minimum atomic E-state index is -0.0897. The Bertz CT molecular complexity index is 952. The van der Waals surface area contributed by atoms with Crippen molar-refractivity contribution in [2.75, 3.05) is 19.6 Å². The Morgan fingerprint density at radius 1 is 1.08 bits per heavy atom. The minimum Gasteiger partial charge on any atom is -0.310 e. The van der Waals surface area contributed by atoms with Crippen molar-refractivity contribution in [2.24, 2.45) is 0 Å². The van der Waals surface area contributed by atoms with Gasteiger partial charge in [0.25, 0.3) is 5.56 Å². The van der Waals surface area contributed by atoms with E-state index in [2.05, 4.69) is 18.7 Å². The molecule has 6 heteroatoms. The summed E-state index contributed by atoms with van der Waals surface area (Å²) >= 11 is 1.61. The first-order valence-corrected chi connectivity index (χ1v) is 9.55. The number of nitrogens with zero attached hydrogens (tertiary/aromatic N) is 3. The number of fused-ring (bicyclic) bond motifs is 1. The summed E-state index contributed by atoms with van der Waals surface area (Å²) in [5.74, 6) is 0. The molecule has 0 unspecified atom stereocenters. The largest absolute Gasteiger partial charge is 0.310 e. The Kier molecular flexibility index (Phi) is 5.50. The zero-order chi connectivity index (χ0) is 17.8. The van der Waals surface area contributed by atoms with E-state index < -0.39 is 0 Å². The molecule has 2 aromatic heterocycles. The number of likely N-dealkylation sites (N-methyl/N-ethyl adjacent to an activating group) is 1. The highest BCUT2D eigenvalue weighted by Crippen LogP contribution is 2.11. The van der Waals surface area contributed by atoms with Crippen molar-refractivity contribution in [3.63, 3.8) is 0 Å². The molecule has 0 aliphatic carbocycles. The highest BCUT2D eigenvalue weighted by Gasteiger charge is 2.12. The molecule has 3 rings (SSSR count). The van der Waals surface area contributed by atoms with Crippen molar-refractivity contribution >= 4 is 22.2 Å². The maximum atomic E-state index is 12.9. The first-order valence-electron chi connectivity index (χ1n) is 8.67. The second-order valence-corrected chi connectivity index (χ2v) is 7.02. The van der Waals surface area contributed by atoms with Crippen molar-refractivity contribution < 1.29 is 0 Å². The molecule has 3 aromatic rings. The molecule has 0 fully saturated rings. The van der Waals surface area contributed by atoms with Gasteiger partial charge in [-0.1, -0.05) is 32.0 Å². The molecule has 0 radical (unpaired) electrons. The first kappa shape index (κ1) is 17.6. The van der Waals surface area contributed by atoms with Crippen LogP contribution in [-0.4, -0.2) is 33.7 Å². The summed E-state index contributed by atoms with van der Waals surface area (Å²) in [5.41, 5.74) is 1.02. The summed E-state index contributed by atoms with van der Waals surface area (Å²) in [6.45, 7) is 8.27. The molecular formula is C19H24N4OS. The quantitative estimate of drug-likeness (QED) is 0.708. The number of hydrogen-bond acceptors (Lipinski definition) is 4. The van der Waals surface area contributed by atoms with Crippen molar-refractivity contribution in [1.29, 1.82) is 5.41 Å². The zero-order valence-electron chi connectivity index (χ0n) is 14.7. The molecule has 0 spiro atoms. The van der Waals surface area contributed by atoms with Gasteiger partial charge < -0.3 is 9.47 Å². The predicted octanol–water partition coefficient (Wildman–Crippen LogP) is 2.73. The van der Waals surface area contributed by atoms with Gasteiger partial charge in [-0.2, -0.15) is 0 Å². The topological polar surface area (TPSA) is 54.0 Å². The summed E-state index contributed by atoms with van der Waals surface area (Å²) in [5, 5.41) is 11.3. The number of thiophene rings is 1. The first-order chi connectivity index (χ1) is 12.2. The Morgan fingerprint density at radius 3 is 2.52 bits per heavy atom. The van der Waals surface area contributed by atoms with Crippen LogP contribution in [0, 0.1) is 5.41 Å². The van der Waals surface area contributed by atoms with E-state index in [4.69, 9.17) is 5.41 Å². The van der Waals surface area contributed by atoms with E-state index in [1.807, 2.05) is 46.3 Å². The van der Waals surface area contributed by atoms with Gasteiger partial charge in [-0.25, -0.2) is 0 Å². The van der Waals surface area contributed by atoms with Crippen LogP contribution in [0.1, 0.15) is 18.7 Å². The molecule has 0 aliphatic rings. The lowest BCUT2D eigenvalue weighted by molar-refractivity contribution is 0.288. The Hall–Kier alpha value is -2.18. The molecule has 0 saturated carbocycles. The number of rotatable bonds is 7. The molecule has 0 atom stereocenters. The Balaban J connectivity index is 2.10. The zero-order valence-corrected chi connectivity index (χ0v) is 15.6. The smallest absolute Gasteiger partial charge is 0.263 e. The standard InChI is InChI=1S/C19H24N4OS/c1-3-21(4-2)11-12-22-17-10-6-5-9-16(17)18(24)23(19(22)20)14-15-8-7-13-25-15/h5-10,13,20H,3-4,11-12,14H2,1-2H3. The lowest BCUT2D eigenvalue weighted by Crippen LogP contribution is -2.42. The number of nitrogens with one attached hydrogen (secondary N) is 1. The highest BCUT2D eigenvalue weighted by molar-refractivity contribution is 7.09. The van der Waals surface area contributed by atoms with E-state index in [9.17, 15) is 4.79 Å². The number of benzene rings is 1. The van der Waals surface area contributed by atoms with Crippen LogP contribution in [0.4, 0.5) is 0 Å². The lowest BCUT2D eigenvalue weighted by atomic mass is 10.2. The average Bonchev–Trinajstić information content (AvgIpc) is 3.15. The fraction of sp³-hybridized carbons (Fsp3) is 0.368. The molecule has 0 bridgehead atoms. The summed E-state index contributed by atoms with van der Waals surface area (Å²) in [6, 6.07) is 11.6. The van der Waals surface area contributed by atoms with Crippen LogP contribution in [-0.2, 0) is 13.1 Å². The van der Waals surface area contributed by atoms with Crippen molar-refractivity contribution in [3.05, 3.63) is 62.6 Å². The summed E-state index contributed by atoms with van der Waals surface area (Å²) < 4.78 is 3.54. The van der Waals surface area contributed by atoms with E-state index in [-0.39, 0.29) is 11.2 Å². The fourth-order valence-electron chi connectivity index (χ4n) is 3.10. The summed E-state index contributed by atoms with van der Waals surface area (Å²) in [4.78, 5) is 16.3. The van der Waals surface area contributed by atoms with Gasteiger partial charge in [0.15, 0.2) is 0 Å². The van der Waals surface area contributed by atoms with Gasteiger partial charge in [0, 0.05) is 18.0 Å². The summed E-state index contributed by atoms with van der Waals surface area (Å²) in [7, 11) is 0. The van der Waals surface area contributed by atoms with Crippen LogP contribution < -0.4 is 11.2 Å². The molecule has 0 aliphatic heterocycles. The van der Waals surface area contributed by atoms with E-state index in [1.54, 1.807) is 15.9 Å². The van der Waals surface area contributed by atoms with Crippen LogP contribution >= 0.6 is 11.3 Å². The molecule has 1 N–H and O–H groups in total. The van der Waals surface area contributed by atoms with E-state index >= 15 is 0 Å². The van der Waals surface area contributed by atoms with Gasteiger partial charge in [-0.05, 0) is 36.7 Å². The lowest BCUT2D eigenvalue weighted by Gasteiger charge is -2.21. The normalized spacial score (nSPS) is 11.5. The second-order valence-electron chi connectivity index (χ2n) is 5.99. The highest BCUT2D eigenvalue weighted by atomic mass is 32.1. The molecule has 2 heterocycles. The van der Waals surface area contributed by atoms with Gasteiger partial charge in [-0.15, -0.1) is 11.3 Å². The van der Waals surface area contributed by atoms with Crippen LogP contribution in [0.5, 0.6) is 0 Å². The SMILES string of the molecule is CCN(CC)CCn1c(=N)n(Cc2cccs2)c(=O)c2ccccc21. The van der Waals surface area contributed by atoms with E-state index in [0.29, 0.717) is 18.5 Å². The second kappa shape index (κ2) is 7.80. The number of aromatic nitrogens is 2. The van der Waals surface area contributed by atoms with Gasteiger partial charge >= 0.3 is 0 Å². The Morgan fingerprint density at radius 2 is 1.84 bits per heavy atom. The maximum absolute atomic E-state index is 12.9. The van der Waals surface area contributed by atoms with Gasteiger partial charge in [0.05, 0.1) is 17.4 Å². The monoisotopic (exact) mass is 356 g/mol. The fourth-order valence-corrected chi connectivity index (χ4v) is 3.80. The molecule has 132 valence electrons.